The average molecular weight is 551 g/mol. The lowest BCUT2D eigenvalue weighted by molar-refractivity contribution is -0.137. The Labute approximate surface area is 226 Å². The van der Waals surface area contributed by atoms with Gasteiger partial charge in [0.05, 0.1) is 18.4 Å². The predicted molar refractivity (Wildman–Crippen MR) is 146 cm³/mol. The van der Waals surface area contributed by atoms with Gasteiger partial charge in [-0.2, -0.15) is 13.2 Å². The molecule has 5 aromatic rings. The molecule has 1 aliphatic heterocycles. The number of rotatable bonds is 8. The van der Waals surface area contributed by atoms with Crippen LogP contribution >= 0.6 is 11.3 Å². The number of alkyl halides is 3. The second-order valence-electron chi connectivity index (χ2n) is 9.55. The number of nitrogens with one attached hydrogen (secondary N) is 1. The van der Waals surface area contributed by atoms with Gasteiger partial charge in [0, 0.05) is 47.1 Å². The van der Waals surface area contributed by atoms with Crippen LogP contribution in [0.4, 0.5) is 19.0 Å². The van der Waals surface area contributed by atoms with Crippen molar-refractivity contribution in [1.82, 2.24) is 24.4 Å². The minimum absolute atomic E-state index is 0.202. The van der Waals surface area contributed by atoms with Crippen molar-refractivity contribution in [3.63, 3.8) is 0 Å². The Hall–Kier alpha value is -3.99. The highest BCUT2D eigenvalue weighted by Crippen LogP contribution is 2.34. The first-order chi connectivity index (χ1) is 18.9. The normalized spacial score (nSPS) is 14.1. The minimum atomic E-state index is -4.38. The molecule has 11 heteroatoms. The maximum absolute atomic E-state index is 13.0. The number of anilines is 1. The van der Waals surface area contributed by atoms with Crippen LogP contribution < -0.4 is 5.32 Å². The Bertz CT molecular complexity index is 1640. The number of aromatic nitrogens is 4. The van der Waals surface area contributed by atoms with Crippen molar-refractivity contribution in [1.29, 1.82) is 0 Å². The van der Waals surface area contributed by atoms with Gasteiger partial charge in [0.1, 0.15) is 5.52 Å². The van der Waals surface area contributed by atoms with Crippen LogP contribution in [0.1, 0.15) is 30.4 Å². The van der Waals surface area contributed by atoms with Crippen LogP contribution in [0, 0.1) is 0 Å². The standard InChI is InChI=1S/C28H25F3N6OS/c29-28(30,31)19-10-8-18(9-11-19)15-37-17-33-24-26(32-12-4-14-36-13-3-7-23(36)38)34-25(35-27(24)37)21-16-39-22-6-2-1-5-20(21)22/h1-2,5-6,8-11,16-17H,3-4,7,12-15H2,(H,32,34,35). The molecule has 0 unspecified atom stereocenters. The van der Waals surface area contributed by atoms with Gasteiger partial charge >= 0.3 is 6.18 Å². The molecule has 1 aliphatic rings. The fraction of sp³-hybridized carbons (Fsp3) is 0.286. The lowest BCUT2D eigenvalue weighted by atomic mass is 10.1. The average Bonchev–Trinajstić information content (AvgIpc) is 3.65. The first-order valence-corrected chi connectivity index (χ1v) is 13.6. The van der Waals surface area contributed by atoms with Gasteiger partial charge in [-0.25, -0.2) is 15.0 Å². The summed E-state index contributed by atoms with van der Waals surface area (Å²) in [4.78, 5) is 28.1. The van der Waals surface area contributed by atoms with E-state index in [0.717, 1.165) is 47.2 Å². The third-order valence-corrected chi connectivity index (χ3v) is 7.85. The molecule has 3 aromatic heterocycles. The summed E-state index contributed by atoms with van der Waals surface area (Å²) in [6, 6.07) is 13.2. The van der Waals surface area contributed by atoms with Gasteiger partial charge in [-0.15, -0.1) is 11.3 Å². The van der Waals surface area contributed by atoms with Crippen LogP contribution in [0.3, 0.4) is 0 Å². The molecule has 39 heavy (non-hydrogen) atoms. The summed E-state index contributed by atoms with van der Waals surface area (Å²) in [5.41, 5.74) is 2.10. The number of benzene rings is 2. The zero-order valence-corrected chi connectivity index (χ0v) is 21.7. The Morgan fingerprint density at radius 3 is 2.64 bits per heavy atom. The number of halogens is 3. The molecule has 0 atom stereocenters. The monoisotopic (exact) mass is 550 g/mol. The summed E-state index contributed by atoms with van der Waals surface area (Å²) in [7, 11) is 0. The van der Waals surface area contributed by atoms with E-state index in [0.29, 0.717) is 54.4 Å². The number of carbonyl (C=O) groups is 1. The lowest BCUT2D eigenvalue weighted by Gasteiger charge is -2.15. The third-order valence-electron chi connectivity index (χ3n) is 6.89. The van der Waals surface area contributed by atoms with E-state index in [1.807, 2.05) is 33.0 Å². The van der Waals surface area contributed by atoms with Crippen LogP contribution in [0.25, 0.3) is 32.6 Å². The molecule has 7 nitrogen and oxygen atoms in total. The van der Waals surface area contributed by atoms with Gasteiger partial charge in [0.2, 0.25) is 5.91 Å². The molecule has 0 bridgehead atoms. The van der Waals surface area contributed by atoms with Crippen LogP contribution in [0.15, 0.2) is 60.2 Å². The highest BCUT2D eigenvalue weighted by Gasteiger charge is 2.30. The van der Waals surface area contributed by atoms with Crippen molar-refractivity contribution in [3.05, 3.63) is 71.4 Å². The number of carbonyl (C=O) groups excluding carboxylic acids is 1. The quantitative estimate of drug-likeness (QED) is 0.233. The second-order valence-corrected chi connectivity index (χ2v) is 10.5. The molecular formula is C28H25F3N6OS. The molecule has 0 saturated carbocycles. The number of amides is 1. The minimum Gasteiger partial charge on any atom is -0.368 e. The zero-order chi connectivity index (χ0) is 27.0. The summed E-state index contributed by atoms with van der Waals surface area (Å²) in [5, 5.41) is 6.47. The number of hydrogen-bond donors (Lipinski definition) is 1. The maximum Gasteiger partial charge on any atom is 0.416 e. The fourth-order valence-corrected chi connectivity index (χ4v) is 5.81. The Morgan fingerprint density at radius 1 is 1.05 bits per heavy atom. The molecule has 1 amide bonds. The van der Waals surface area contributed by atoms with Crippen molar-refractivity contribution in [3.8, 4) is 11.4 Å². The first kappa shape index (κ1) is 25.3. The van der Waals surface area contributed by atoms with Gasteiger partial charge in [-0.3, -0.25) is 4.79 Å². The molecule has 0 spiro atoms. The molecule has 1 saturated heterocycles. The molecular weight excluding hydrogens is 525 g/mol. The lowest BCUT2D eigenvalue weighted by Crippen LogP contribution is -2.27. The number of thiophene rings is 1. The van der Waals surface area contributed by atoms with E-state index in [-0.39, 0.29) is 5.91 Å². The number of fused-ring (bicyclic) bond motifs is 2. The summed E-state index contributed by atoms with van der Waals surface area (Å²) >= 11 is 1.62. The molecule has 1 fully saturated rings. The number of imidazole rings is 1. The van der Waals surface area contributed by atoms with E-state index in [1.54, 1.807) is 17.7 Å². The Balaban J connectivity index is 1.32. The van der Waals surface area contributed by atoms with E-state index >= 15 is 0 Å². The van der Waals surface area contributed by atoms with Gasteiger partial charge < -0.3 is 14.8 Å². The topological polar surface area (TPSA) is 75.9 Å². The van der Waals surface area contributed by atoms with Crippen molar-refractivity contribution in [2.24, 2.45) is 0 Å². The molecule has 4 heterocycles. The van der Waals surface area contributed by atoms with Gasteiger partial charge in [-0.05, 0) is 36.6 Å². The molecule has 200 valence electrons. The third kappa shape index (κ3) is 5.18. The van der Waals surface area contributed by atoms with Gasteiger partial charge in [0.15, 0.2) is 17.3 Å². The summed E-state index contributed by atoms with van der Waals surface area (Å²) in [6.45, 7) is 2.40. The van der Waals surface area contributed by atoms with Crippen molar-refractivity contribution in [2.75, 3.05) is 25.0 Å². The maximum atomic E-state index is 13.0. The van der Waals surface area contributed by atoms with Crippen LogP contribution in [0.5, 0.6) is 0 Å². The smallest absolute Gasteiger partial charge is 0.368 e. The largest absolute Gasteiger partial charge is 0.416 e. The van der Waals surface area contributed by atoms with Crippen molar-refractivity contribution >= 4 is 44.3 Å². The summed E-state index contributed by atoms with van der Waals surface area (Å²) < 4.78 is 42.0. The van der Waals surface area contributed by atoms with Crippen molar-refractivity contribution < 1.29 is 18.0 Å². The first-order valence-electron chi connectivity index (χ1n) is 12.7. The van der Waals surface area contributed by atoms with E-state index < -0.39 is 11.7 Å². The molecule has 0 aliphatic carbocycles. The Kier molecular flexibility index (Phi) is 6.68. The summed E-state index contributed by atoms with van der Waals surface area (Å²) in [5.74, 6) is 1.34. The Morgan fingerprint density at radius 2 is 1.87 bits per heavy atom. The SMILES string of the molecule is O=C1CCCN1CCCNc1nc(-c2csc3ccccc23)nc2c1ncn2Cc1ccc(C(F)(F)F)cc1. The van der Waals surface area contributed by atoms with Crippen LogP contribution in [-0.2, 0) is 17.5 Å². The predicted octanol–water partition coefficient (Wildman–Crippen LogP) is 6.20. The zero-order valence-electron chi connectivity index (χ0n) is 20.9. The molecule has 2 aromatic carbocycles. The van der Waals surface area contributed by atoms with E-state index in [4.69, 9.17) is 9.97 Å². The highest BCUT2D eigenvalue weighted by molar-refractivity contribution is 7.17. The van der Waals surface area contributed by atoms with Crippen LogP contribution in [-0.4, -0.2) is 50.0 Å². The highest BCUT2D eigenvalue weighted by atomic mass is 32.1. The van der Waals surface area contributed by atoms with Gasteiger partial charge in [-0.1, -0.05) is 30.3 Å². The molecule has 6 rings (SSSR count). The van der Waals surface area contributed by atoms with Crippen LogP contribution in [0.2, 0.25) is 0 Å². The summed E-state index contributed by atoms with van der Waals surface area (Å²) in [6.07, 6.45) is -0.448. The number of hydrogen-bond acceptors (Lipinski definition) is 6. The van der Waals surface area contributed by atoms with Gasteiger partial charge in [0.25, 0.3) is 0 Å². The number of likely N-dealkylation sites (tertiary alicyclic amines) is 1. The van der Waals surface area contributed by atoms with Crippen molar-refractivity contribution in [2.45, 2.75) is 32.0 Å². The molecule has 0 radical (unpaired) electrons. The fourth-order valence-electron chi connectivity index (χ4n) is 4.87. The number of nitrogens with zero attached hydrogens (tertiary/aromatic N) is 5. The molecule has 1 N–H and O–H groups in total. The van der Waals surface area contributed by atoms with E-state index in [2.05, 4.69) is 16.4 Å². The van der Waals surface area contributed by atoms with E-state index in [1.165, 1.54) is 12.1 Å². The van der Waals surface area contributed by atoms with E-state index in [9.17, 15) is 18.0 Å². The second kappa shape index (κ2) is 10.3.